The lowest BCUT2D eigenvalue weighted by Gasteiger charge is -2.35. The molecule has 4 rings (SSSR count). The minimum absolute atomic E-state index is 0.173. The van der Waals surface area contributed by atoms with Gasteiger partial charge in [0.1, 0.15) is 27.9 Å². The number of amides is 3. The maximum atomic E-state index is 13.3. The van der Waals surface area contributed by atoms with E-state index in [9.17, 15) is 9.59 Å². The van der Waals surface area contributed by atoms with Gasteiger partial charge in [-0.15, -0.1) is 0 Å². The molecule has 10 heteroatoms. The summed E-state index contributed by atoms with van der Waals surface area (Å²) in [4.78, 5) is 37.8. The number of nitrogens with zero attached hydrogens (tertiary/aromatic N) is 4. The SMILES string of the molecule is COc1cc(OC)c(Cl)c(N2Cc3cnc4[nH]c(C(=O)N(C)C)cc4c3N(C)C2=O)c1. The van der Waals surface area contributed by atoms with E-state index < -0.39 is 0 Å². The van der Waals surface area contributed by atoms with Crippen LogP contribution in [0, 0.1) is 0 Å². The number of methoxy groups -OCH3 is 2. The number of pyridine rings is 1. The van der Waals surface area contributed by atoms with Crippen LogP contribution in [0.3, 0.4) is 0 Å². The number of rotatable bonds is 4. The largest absolute Gasteiger partial charge is 0.497 e. The molecule has 1 aliphatic heterocycles. The molecule has 3 amide bonds. The summed E-state index contributed by atoms with van der Waals surface area (Å²) in [6.45, 7) is 0.250. The Balaban J connectivity index is 1.83. The second kappa shape index (κ2) is 7.66. The van der Waals surface area contributed by atoms with Crippen LogP contribution in [-0.4, -0.2) is 62.2 Å². The van der Waals surface area contributed by atoms with Gasteiger partial charge >= 0.3 is 6.03 Å². The summed E-state index contributed by atoms with van der Waals surface area (Å²) in [6, 6.07) is 4.80. The number of fused-ring (bicyclic) bond motifs is 3. The number of hydrogen-bond acceptors (Lipinski definition) is 5. The van der Waals surface area contributed by atoms with Crippen molar-refractivity contribution in [3.05, 3.63) is 40.7 Å². The zero-order valence-electron chi connectivity index (χ0n) is 17.8. The van der Waals surface area contributed by atoms with E-state index in [0.29, 0.717) is 44.6 Å². The number of H-pyrrole nitrogens is 1. The van der Waals surface area contributed by atoms with Gasteiger partial charge in [-0.25, -0.2) is 9.78 Å². The minimum Gasteiger partial charge on any atom is -0.497 e. The van der Waals surface area contributed by atoms with Crippen molar-refractivity contribution in [2.45, 2.75) is 6.54 Å². The normalized spacial score (nSPS) is 13.4. The maximum absolute atomic E-state index is 13.3. The summed E-state index contributed by atoms with van der Waals surface area (Å²) >= 11 is 6.52. The third-order valence-electron chi connectivity index (χ3n) is 5.26. The van der Waals surface area contributed by atoms with Gasteiger partial charge in [0.25, 0.3) is 5.91 Å². The summed E-state index contributed by atoms with van der Waals surface area (Å²) < 4.78 is 10.7. The van der Waals surface area contributed by atoms with Gasteiger partial charge in [0.05, 0.1) is 32.1 Å². The van der Waals surface area contributed by atoms with Gasteiger partial charge in [0.2, 0.25) is 0 Å². The second-order valence-electron chi connectivity index (χ2n) is 7.37. The first kappa shape index (κ1) is 20.8. The predicted molar refractivity (Wildman–Crippen MR) is 119 cm³/mol. The van der Waals surface area contributed by atoms with Crippen LogP contribution in [0.4, 0.5) is 16.2 Å². The van der Waals surface area contributed by atoms with E-state index in [1.807, 2.05) is 0 Å². The Labute approximate surface area is 184 Å². The van der Waals surface area contributed by atoms with Crippen molar-refractivity contribution in [3.8, 4) is 11.5 Å². The number of hydrogen-bond donors (Lipinski definition) is 1. The fraction of sp³-hybridized carbons (Fsp3) is 0.286. The minimum atomic E-state index is -0.279. The monoisotopic (exact) mass is 443 g/mol. The highest BCUT2D eigenvalue weighted by Gasteiger charge is 2.33. The van der Waals surface area contributed by atoms with E-state index in [1.165, 1.54) is 24.0 Å². The lowest BCUT2D eigenvalue weighted by atomic mass is 10.1. The summed E-state index contributed by atoms with van der Waals surface area (Å²) in [7, 11) is 8.07. The van der Waals surface area contributed by atoms with Crippen LogP contribution >= 0.6 is 11.6 Å². The number of ether oxygens (including phenoxy) is 2. The highest BCUT2D eigenvalue weighted by molar-refractivity contribution is 6.35. The summed E-state index contributed by atoms with van der Waals surface area (Å²) in [6.07, 6.45) is 1.69. The summed E-state index contributed by atoms with van der Waals surface area (Å²) in [5.41, 5.74) is 2.93. The van der Waals surface area contributed by atoms with Gasteiger partial charge in [-0.2, -0.15) is 0 Å². The molecule has 1 aliphatic rings. The highest BCUT2D eigenvalue weighted by atomic mass is 35.5. The number of nitrogens with one attached hydrogen (secondary N) is 1. The number of benzene rings is 1. The first-order valence-corrected chi connectivity index (χ1v) is 9.83. The molecule has 1 aromatic carbocycles. The van der Waals surface area contributed by atoms with Crippen LogP contribution < -0.4 is 19.3 Å². The van der Waals surface area contributed by atoms with Crippen LogP contribution in [0.15, 0.2) is 24.4 Å². The van der Waals surface area contributed by atoms with Crippen LogP contribution in [0.2, 0.25) is 5.02 Å². The molecule has 0 saturated carbocycles. The molecule has 0 atom stereocenters. The first-order valence-electron chi connectivity index (χ1n) is 9.45. The van der Waals surface area contributed by atoms with E-state index in [0.717, 1.165) is 5.56 Å². The molecule has 0 aliphatic carbocycles. The molecule has 1 N–H and O–H groups in total. The zero-order valence-corrected chi connectivity index (χ0v) is 18.6. The Kier molecular flexibility index (Phi) is 5.14. The average Bonchev–Trinajstić information content (AvgIpc) is 3.19. The Bertz CT molecular complexity index is 1210. The average molecular weight is 444 g/mol. The van der Waals surface area contributed by atoms with Crippen LogP contribution in [0.1, 0.15) is 16.1 Å². The molecule has 31 heavy (non-hydrogen) atoms. The molecule has 0 unspecified atom stereocenters. The van der Waals surface area contributed by atoms with Crippen molar-refractivity contribution in [3.63, 3.8) is 0 Å². The second-order valence-corrected chi connectivity index (χ2v) is 7.75. The zero-order chi connectivity index (χ0) is 22.4. The Hall–Kier alpha value is -3.46. The molecular weight excluding hydrogens is 422 g/mol. The van der Waals surface area contributed by atoms with E-state index in [-0.39, 0.29) is 18.5 Å². The molecule has 0 saturated heterocycles. The Morgan fingerprint density at radius 2 is 1.97 bits per heavy atom. The number of aromatic amines is 1. The number of urea groups is 1. The number of aromatic nitrogens is 2. The van der Waals surface area contributed by atoms with Gasteiger partial charge in [-0.3, -0.25) is 14.6 Å². The van der Waals surface area contributed by atoms with Gasteiger partial charge in [0, 0.05) is 50.4 Å². The third kappa shape index (κ3) is 3.31. The van der Waals surface area contributed by atoms with Crippen molar-refractivity contribution < 1.29 is 19.1 Å². The van der Waals surface area contributed by atoms with E-state index >= 15 is 0 Å². The molecule has 0 radical (unpaired) electrons. The number of anilines is 2. The number of carbonyl (C=O) groups excluding carboxylic acids is 2. The fourth-order valence-corrected chi connectivity index (χ4v) is 3.98. The fourth-order valence-electron chi connectivity index (χ4n) is 3.69. The molecule has 162 valence electrons. The lowest BCUT2D eigenvalue weighted by Crippen LogP contribution is -2.45. The molecule has 3 heterocycles. The Morgan fingerprint density at radius 1 is 1.23 bits per heavy atom. The topological polar surface area (TPSA) is 91.0 Å². The van der Waals surface area contributed by atoms with Gasteiger partial charge in [-0.1, -0.05) is 11.6 Å². The Morgan fingerprint density at radius 3 is 2.61 bits per heavy atom. The molecule has 0 fully saturated rings. The van der Waals surface area contributed by atoms with Crippen molar-refractivity contribution >= 4 is 45.9 Å². The smallest absolute Gasteiger partial charge is 0.329 e. The highest BCUT2D eigenvalue weighted by Crippen LogP contribution is 2.43. The van der Waals surface area contributed by atoms with Gasteiger partial charge in [0.15, 0.2) is 0 Å². The lowest BCUT2D eigenvalue weighted by molar-refractivity contribution is 0.0823. The van der Waals surface area contributed by atoms with Crippen LogP contribution in [-0.2, 0) is 6.54 Å². The summed E-state index contributed by atoms with van der Waals surface area (Å²) in [5.74, 6) is 0.750. The number of halogens is 1. The van der Waals surface area contributed by atoms with Crippen molar-refractivity contribution in [2.24, 2.45) is 0 Å². The summed E-state index contributed by atoms with van der Waals surface area (Å²) in [5, 5.41) is 1.01. The van der Waals surface area contributed by atoms with E-state index in [2.05, 4.69) is 9.97 Å². The van der Waals surface area contributed by atoms with Gasteiger partial charge < -0.3 is 19.4 Å². The molecule has 9 nitrogen and oxygen atoms in total. The van der Waals surface area contributed by atoms with E-state index in [4.69, 9.17) is 21.1 Å². The molecular formula is C21H22ClN5O4. The van der Waals surface area contributed by atoms with Crippen LogP contribution in [0.25, 0.3) is 11.0 Å². The first-order chi connectivity index (χ1) is 14.8. The standard InChI is InChI=1S/C21H22ClN5O4/c1-25(2)20(28)14-8-13-18-11(9-23-19(13)24-14)10-27(21(29)26(18)3)15-6-12(30-4)7-16(31-5)17(15)22/h6-9H,10H2,1-5H3,(H,23,24). The van der Waals surface area contributed by atoms with Crippen LogP contribution in [0.5, 0.6) is 11.5 Å². The third-order valence-corrected chi connectivity index (χ3v) is 5.64. The predicted octanol–water partition coefficient (Wildman–Crippen LogP) is 3.51. The van der Waals surface area contributed by atoms with E-state index in [1.54, 1.807) is 50.4 Å². The molecule has 3 aromatic rings. The molecule has 0 spiro atoms. The molecule has 0 bridgehead atoms. The quantitative estimate of drug-likeness (QED) is 0.666. The van der Waals surface area contributed by atoms with Gasteiger partial charge in [-0.05, 0) is 6.07 Å². The van der Waals surface area contributed by atoms with Crippen molar-refractivity contribution in [2.75, 3.05) is 45.2 Å². The van der Waals surface area contributed by atoms with Crippen molar-refractivity contribution in [1.29, 1.82) is 0 Å². The number of carbonyl (C=O) groups is 2. The molecule has 2 aromatic heterocycles. The van der Waals surface area contributed by atoms with Crippen molar-refractivity contribution in [1.82, 2.24) is 14.9 Å². The maximum Gasteiger partial charge on any atom is 0.329 e.